The predicted molar refractivity (Wildman–Crippen MR) is 150 cm³/mol. The third-order valence-electron chi connectivity index (χ3n) is 5.89. The zero-order valence-corrected chi connectivity index (χ0v) is 22.3. The first-order valence-electron chi connectivity index (χ1n) is 12.2. The summed E-state index contributed by atoms with van der Waals surface area (Å²) in [5.74, 6) is -0.481. The SMILES string of the molecule is N#Cc1ccc(CC(NC(=O)CCCOc2cc(-c3ccccc3)nn2-c2ccc(Cl)c(Cl)c2)C(N)=O)cc1. The summed E-state index contributed by atoms with van der Waals surface area (Å²) in [5.41, 5.74) is 9.10. The van der Waals surface area contributed by atoms with Gasteiger partial charge in [0.2, 0.25) is 17.7 Å². The van der Waals surface area contributed by atoms with Crippen molar-refractivity contribution in [2.45, 2.75) is 25.3 Å². The number of nitrogens with one attached hydrogen (secondary N) is 1. The van der Waals surface area contributed by atoms with Gasteiger partial charge in [0.25, 0.3) is 0 Å². The highest BCUT2D eigenvalue weighted by Gasteiger charge is 2.19. The Bertz CT molecular complexity index is 1500. The minimum absolute atomic E-state index is 0.129. The number of benzene rings is 3. The highest BCUT2D eigenvalue weighted by Crippen LogP contribution is 2.30. The number of hydrogen-bond donors (Lipinski definition) is 2. The molecule has 1 aromatic heterocycles. The number of halogens is 2. The lowest BCUT2D eigenvalue weighted by Crippen LogP contribution is -2.45. The smallest absolute Gasteiger partial charge is 0.240 e. The average Bonchev–Trinajstić information content (AvgIpc) is 3.37. The van der Waals surface area contributed by atoms with Gasteiger partial charge in [-0.05, 0) is 42.3 Å². The topological polar surface area (TPSA) is 123 Å². The molecular formula is C29H25Cl2N5O3. The van der Waals surface area contributed by atoms with Gasteiger partial charge in [-0.1, -0.05) is 65.7 Å². The lowest BCUT2D eigenvalue weighted by Gasteiger charge is -2.16. The van der Waals surface area contributed by atoms with Crippen molar-refractivity contribution in [2.75, 3.05) is 6.61 Å². The first-order valence-corrected chi connectivity index (χ1v) is 12.9. The number of nitrogens with two attached hydrogens (primary N) is 1. The van der Waals surface area contributed by atoms with Crippen LogP contribution in [0.15, 0.2) is 78.9 Å². The molecule has 0 bridgehead atoms. The van der Waals surface area contributed by atoms with E-state index >= 15 is 0 Å². The van der Waals surface area contributed by atoms with E-state index in [1.54, 1.807) is 47.1 Å². The van der Waals surface area contributed by atoms with Crippen LogP contribution < -0.4 is 15.8 Å². The third kappa shape index (κ3) is 7.38. The molecule has 10 heteroatoms. The highest BCUT2D eigenvalue weighted by atomic mass is 35.5. The van der Waals surface area contributed by atoms with E-state index < -0.39 is 11.9 Å². The van der Waals surface area contributed by atoms with Crippen molar-refractivity contribution in [3.05, 3.63) is 100 Å². The van der Waals surface area contributed by atoms with Crippen LogP contribution >= 0.6 is 23.2 Å². The second-order valence-electron chi connectivity index (χ2n) is 8.73. The highest BCUT2D eigenvalue weighted by molar-refractivity contribution is 6.42. The van der Waals surface area contributed by atoms with Gasteiger partial charge in [-0.15, -0.1) is 0 Å². The first kappa shape index (κ1) is 27.7. The number of carbonyl (C=O) groups excluding carboxylic acids is 2. The number of rotatable bonds is 11. The first-order chi connectivity index (χ1) is 18.8. The van der Waals surface area contributed by atoms with E-state index in [2.05, 4.69) is 10.4 Å². The Morgan fingerprint density at radius 2 is 1.77 bits per heavy atom. The maximum Gasteiger partial charge on any atom is 0.240 e. The van der Waals surface area contributed by atoms with E-state index in [-0.39, 0.29) is 25.4 Å². The Morgan fingerprint density at radius 3 is 2.44 bits per heavy atom. The Kier molecular flexibility index (Phi) is 9.21. The molecule has 8 nitrogen and oxygen atoms in total. The van der Waals surface area contributed by atoms with E-state index in [0.717, 1.165) is 11.1 Å². The monoisotopic (exact) mass is 561 g/mol. The summed E-state index contributed by atoms with van der Waals surface area (Å²) in [6.07, 6.45) is 0.749. The van der Waals surface area contributed by atoms with Crippen LogP contribution in [-0.2, 0) is 16.0 Å². The second kappa shape index (κ2) is 13.0. The maximum atomic E-state index is 12.5. The molecular weight excluding hydrogens is 537 g/mol. The summed E-state index contributed by atoms with van der Waals surface area (Å²) >= 11 is 12.3. The largest absolute Gasteiger partial charge is 0.478 e. The minimum Gasteiger partial charge on any atom is -0.478 e. The summed E-state index contributed by atoms with van der Waals surface area (Å²) in [5, 5.41) is 17.1. The molecule has 4 rings (SSSR count). The van der Waals surface area contributed by atoms with Crippen LogP contribution in [0, 0.1) is 11.3 Å². The summed E-state index contributed by atoms with van der Waals surface area (Å²) in [6.45, 7) is 0.228. The van der Waals surface area contributed by atoms with E-state index in [4.69, 9.17) is 38.9 Å². The molecule has 1 atom stereocenters. The summed E-state index contributed by atoms with van der Waals surface area (Å²) in [6, 6.07) is 24.6. The maximum absolute atomic E-state index is 12.5. The van der Waals surface area contributed by atoms with Crippen LogP contribution in [0.2, 0.25) is 10.0 Å². The molecule has 0 aliphatic rings. The third-order valence-corrected chi connectivity index (χ3v) is 6.63. The van der Waals surface area contributed by atoms with E-state index in [0.29, 0.717) is 39.3 Å². The van der Waals surface area contributed by atoms with Crippen LogP contribution in [-0.4, -0.2) is 34.2 Å². The van der Waals surface area contributed by atoms with Crippen molar-refractivity contribution in [2.24, 2.45) is 5.73 Å². The molecule has 39 heavy (non-hydrogen) atoms. The number of ether oxygens (including phenoxy) is 1. The Labute approximate surface area is 235 Å². The van der Waals surface area contributed by atoms with Crippen LogP contribution in [0.1, 0.15) is 24.0 Å². The van der Waals surface area contributed by atoms with Gasteiger partial charge in [-0.2, -0.15) is 10.4 Å². The summed E-state index contributed by atoms with van der Waals surface area (Å²) < 4.78 is 7.64. The van der Waals surface area contributed by atoms with E-state index in [1.165, 1.54) is 0 Å². The molecule has 0 spiro atoms. The zero-order valence-electron chi connectivity index (χ0n) is 20.8. The molecule has 0 aliphatic heterocycles. The lowest BCUT2D eigenvalue weighted by atomic mass is 10.0. The van der Waals surface area contributed by atoms with Crippen molar-refractivity contribution in [3.63, 3.8) is 0 Å². The number of nitrogens with zero attached hydrogens (tertiary/aromatic N) is 3. The second-order valence-corrected chi connectivity index (χ2v) is 9.55. The molecule has 198 valence electrons. The van der Waals surface area contributed by atoms with Gasteiger partial charge < -0.3 is 15.8 Å². The van der Waals surface area contributed by atoms with Gasteiger partial charge in [0.1, 0.15) is 6.04 Å². The van der Waals surface area contributed by atoms with Gasteiger partial charge in [0, 0.05) is 24.5 Å². The number of nitriles is 1. The van der Waals surface area contributed by atoms with Crippen molar-refractivity contribution in [3.8, 4) is 28.9 Å². The molecule has 1 unspecified atom stereocenters. The van der Waals surface area contributed by atoms with Crippen molar-refractivity contribution >= 4 is 35.0 Å². The van der Waals surface area contributed by atoms with Crippen molar-refractivity contribution in [1.82, 2.24) is 15.1 Å². The lowest BCUT2D eigenvalue weighted by molar-refractivity contribution is -0.127. The number of carbonyl (C=O) groups is 2. The zero-order chi connectivity index (χ0) is 27.8. The van der Waals surface area contributed by atoms with Crippen LogP contribution in [0.4, 0.5) is 0 Å². The van der Waals surface area contributed by atoms with Crippen molar-refractivity contribution in [1.29, 1.82) is 5.26 Å². The molecule has 3 N–H and O–H groups in total. The van der Waals surface area contributed by atoms with Crippen molar-refractivity contribution < 1.29 is 14.3 Å². The van der Waals surface area contributed by atoms with Gasteiger partial charge >= 0.3 is 0 Å². The quantitative estimate of drug-likeness (QED) is 0.247. The fraction of sp³-hybridized carbons (Fsp3) is 0.172. The van der Waals surface area contributed by atoms with E-state index in [9.17, 15) is 9.59 Å². The molecule has 0 aliphatic carbocycles. The Balaban J connectivity index is 1.38. The minimum atomic E-state index is -0.865. The van der Waals surface area contributed by atoms with Gasteiger partial charge in [-0.3, -0.25) is 9.59 Å². The molecule has 0 saturated heterocycles. The fourth-order valence-corrected chi connectivity index (χ4v) is 4.16. The normalized spacial score (nSPS) is 11.4. The predicted octanol–water partition coefficient (Wildman–Crippen LogP) is 5.09. The van der Waals surface area contributed by atoms with E-state index in [1.807, 2.05) is 42.5 Å². The Morgan fingerprint density at radius 1 is 1.03 bits per heavy atom. The molecule has 0 saturated carbocycles. The number of primary amides is 1. The average molecular weight is 562 g/mol. The molecule has 3 aromatic carbocycles. The molecule has 4 aromatic rings. The van der Waals surface area contributed by atoms with Crippen LogP contribution in [0.3, 0.4) is 0 Å². The molecule has 2 amide bonds. The van der Waals surface area contributed by atoms with Gasteiger partial charge in [0.15, 0.2) is 0 Å². The summed E-state index contributed by atoms with van der Waals surface area (Å²) in [7, 11) is 0. The number of aromatic nitrogens is 2. The van der Waals surface area contributed by atoms with Crippen LogP contribution in [0.25, 0.3) is 16.9 Å². The molecule has 0 radical (unpaired) electrons. The molecule has 0 fully saturated rings. The standard InChI is InChI=1S/C29H25Cl2N5O3/c30-23-13-12-22(16-24(23)31)36-28(17-25(35-36)21-5-2-1-3-6-21)39-14-4-7-27(37)34-26(29(33)38)15-19-8-10-20(18-32)11-9-19/h1-3,5-6,8-13,16-17,26H,4,7,14-15H2,(H2,33,38)(H,34,37). The fourth-order valence-electron chi connectivity index (χ4n) is 3.87. The molecule has 1 heterocycles. The number of amides is 2. The van der Waals surface area contributed by atoms with Gasteiger partial charge in [0.05, 0.1) is 39.7 Å². The number of hydrogen-bond acceptors (Lipinski definition) is 5. The van der Waals surface area contributed by atoms with Crippen LogP contribution in [0.5, 0.6) is 5.88 Å². The summed E-state index contributed by atoms with van der Waals surface area (Å²) in [4.78, 5) is 24.5. The van der Waals surface area contributed by atoms with Gasteiger partial charge in [-0.25, -0.2) is 4.68 Å². The Hall–Kier alpha value is -4.32.